The van der Waals surface area contributed by atoms with E-state index in [1.54, 1.807) is 0 Å². The average Bonchev–Trinajstić information content (AvgIpc) is 2.71. The minimum absolute atomic E-state index is 0.0516. The zero-order valence-corrected chi connectivity index (χ0v) is 15.4. The number of rotatable bonds is 9. The van der Waals surface area contributed by atoms with Gasteiger partial charge in [0.2, 0.25) is 0 Å². The van der Waals surface area contributed by atoms with E-state index in [0.717, 1.165) is 5.56 Å². The van der Waals surface area contributed by atoms with E-state index in [9.17, 15) is 24.9 Å². The fourth-order valence-electron chi connectivity index (χ4n) is 2.55. The summed E-state index contributed by atoms with van der Waals surface area (Å²) >= 11 is 0. The molecule has 2 aromatic rings. The minimum atomic E-state index is -1.31. The van der Waals surface area contributed by atoms with Crippen molar-refractivity contribution < 1.29 is 34.4 Å². The third kappa shape index (κ3) is 5.97. The highest BCUT2D eigenvalue weighted by atomic mass is 16.5. The summed E-state index contributed by atoms with van der Waals surface area (Å²) in [7, 11) is 1.34. The van der Waals surface area contributed by atoms with Gasteiger partial charge in [0, 0.05) is 6.54 Å². The monoisotopic (exact) mass is 389 g/mol. The van der Waals surface area contributed by atoms with Gasteiger partial charge in [-0.3, -0.25) is 0 Å². The maximum absolute atomic E-state index is 11.7. The SMILES string of the molecule is COc1ccc(C(O)C(O)CCNC(=O)OCc2ccccc2)cc1C(=O)O. The van der Waals surface area contributed by atoms with Crippen molar-refractivity contribution in [1.29, 1.82) is 0 Å². The van der Waals surface area contributed by atoms with Crippen LogP contribution in [0, 0.1) is 0 Å². The van der Waals surface area contributed by atoms with Crippen LogP contribution < -0.4 is 10.1 Å². The van der Waals surface area contributed by atoms with Crippen LogP contribution in [0.3, 0.4) is 0 Å². The lowest BCUT2D eigenvalue weighted by Crippen LogP contribution is -2.29. The van der Waals surface area contributed by atoms with E-state index < -0.39 is 24.3 Å². The number of hydrogen-bond acceptors (Lipinski definition) is 6. The van der Waals surface area contributed by atoms with Gasteiger partial charge < -0.3 is 30.1 Å². The number of benzene rings is 2. The molecule has 0 fully saturated rings. The predicted molar refractivity (Wildman–Crippen MR) is 100 cm³/mol. The Labute approximate surface area is 162 Å². The van der Waals surface area contributed by atoms with Gasteiger partial charge in [-0.1, -0.05) is 36.4 Å². The quantitative estimate of drug-likeness (QED) is 0.517. The maximum Gasteiger partial charge on any atom is 0.407 e. The lowest BCUT2D eigenvalue weighted by Gasteiger charge is -2.19. The van der Waals surface area contributed by atoms with Crippen molar-refractivity contribution in [2.45, 2.75) is 25.2 Å². The summed E-state index contributed by atoms with van der Waals surface area (Å²) in [6.45, 7) is 0.204. The maximum atomic E-state index is 11.7. The number of aliphatic hydroxyl groups is 2. The molecule has 0 heterocycles. The third-order valence-electron chi connectivity index (χ3n) is 4.08. The number of carboxylic acids is 1. The van der Waals surface area contributed by atoms with Gasteiger partial charge in [-0.25, -0.2) is 9.59 Å². The largest absolute Gasteiger partial charge is 0.496 e. The van der Waals surface area contributed by atoms with Gasteiger partial charge in [0.1, 0.15) is 24.0 Å². The van der Waals surface area contributed by atoms with Gasteiger partial charge in [-0.2, -0.15) is 0 Å². The second-order valence-corrected chi connectivity index (χ2v) is 6.05. The molecule has 0 radical (unpaired) electrons. The molecule has 8 nitrogen and oxygen atoms in total. The number of ether oxygens (including phenoxy) is 2. The standard InChI is InChI=1S/C20H23NO7/c1-27-17-8-7-14(11-15(17)19(24)25)18(23)16(22)9-10-21-20(26)28-12-13-5-3-2-4-6-13/h2-8,11,16,18,22-23H,9-10,12H2,1H3,(H,21,26)(H,24,25). The number of hydrogen-bond donors (Lipinski definition) is 4. The van der Waals surface area contributed by atoms with Gasteiger partial charge in [-0.05, 0) is 29.7 Å². The zero-order chi connectivity index (χ0) is 20.5. The van der Waals surface area contributed by atoms with Crippen LogP contribution >= 0.6 is 0 Å². The first kappa shape index (κ1) is 21.2. The van der Waals surface area contributed by atoms with E-state index >= 15 is 0 Å². The van der Waals surface area contributed by atoms with Gasteiger partial charge in [0.15, 0.2) is 0 Å². The van der Waals surface area contributed by atoms with Gasteiger partial charge in [-0.15, -0.1) is 0 Å². The Kier molecular flexibility index (Phi) is 7.79. The van der Waals surface area contributed by atoms with Crippen molar-refractivity contribution in [2.24, 2.45) is 0 Å². The van der Waals surface area contributed by atoms with E-state index in [1.165, 1.54) is 25.3 Å². The summed E-state index contributed by atoms with van der Waals surface area (Å²) in [5.41, 5.74) is 0.966. The Balaban J connectivity index is 1.82. The Hall–Kier alpha value is -3.10. The van der Waals surface area contributed by atoms with E-state index in [2.05, 4.69) is 5.32 Å². The van der Waals surface area contributed by atoms with E-state index in [0.29, 0.717) is 0 Å². The molecule has 0 bridgehead atoms. The molecule has 0 aromatic heterocycles. The van der Waals surface area contributed by atoms with Crippen LogP contribution in [0.4, 0.5) is 4.79 Å². The first-order chi connectivity index (χ1) is 13.4. The number of carbonyl (C=O) groups excluding carboxylic acids is 1. The first-order valence-electron chi connectivity index (χ1n) is 8.64. The fourth-order valence-corrected chi connectivity index (χ4v) is 2.55. The van der Waals surface area contributed by atoms with Gasteiger partial charge in [0.05, 0.1) is 13.2 Å². The van der Waals surface area contributed by atoms with Gasteiger partial charge in [0.25, 0.3) is 0 Å². The van der Waals surface area contributed by atoms with Crippen molar-refractivity contribution in [3.63, 3.8) is 0 Å². The highest BCUT2D eigenvalue weighted by molar-refractivity contribution is 5.91. The molecule has 8 heteroatoms. The number of amides is 1. The van der Waals surface area contributed by atoms with Crippen LogP contribution in [-0.2, 0) is 11.3 Å². The number of carboxylic acid groups (broad SMARTS) is 1. The minimum Gasteiger partial charge on any atom is -0.496 e. The molecule has 2 rings (SSSR count). The Morgan fingerprint density at radius 2 is 1.82 bits per heavy atom. The molecule has 2 unspecified atom stereocenters. The molecule has 0 aliphatic heterocycles. The van der Waals surface area contributed by atoms with Crippen LogP contribution in [0.2, 0.25) is 0 Å². The molecule has 0 aliphatic rings. The summed E-state index contributed by atoms with van der Waals surface area (Å²) in [5.74, 6) is -1.05. The molecule has 0 saturated carbocycles. The van der Waals surface area contributed by atoms with Crippen molar-refractivity contribution >= 4 is 12.1 Å². The summed E-state index contributed by atoms with van der Waals surface area (Å²) in [6, 6.07) is 13.3. The Morgan fingerprint density at radius 1 is 1.11 bits per heavy atom. The van der Waals surface area contributed by atoms with Crippen LogP contribution in [0.15, 0.2) is 48.5 Å². The normalized spacial score (nSPS) is 12.7. The summed E-state index contributed by atoms with van der Waals surface area (Å²) < 4.78 is 10.0. The van der Waals surface area contributed by atoms with E-state index in [4.69, 9.17) is 9.47 Å². The molecule has 2 aromatic carbocycles. The molecule has 0 aliphatic carbocycles. The van der Waals surface area contributed by atoms with Crippen LogP contribution in [0.5, 0.6) is 5.75 Å². The van der Waals surface area contributed by atoms with Crippen molar-refractivity contribution in [3.8, 4) is 5.75 Å². The number of carbonyl (C=O) groups is 2. The van der Waals surface area contributed by atoms with E-state index in [-0.39, 0.29) is 36.4 Å². The molecule has 28 heavy (non-hydrogen) atoms. The molecule has 1 amide bonds. The van der Waals surface area contributed by atoms with Crippen LogP contribution in [0.25, 0.3) is 0 Å². The van der Waals surface area contributed by atoms with Crippen LogP contribution in [-0.4, -0.2) is 47.1 Å². The third-order valence-corrected chi connectivity index (χ3v) is 4.08. The van der Waals surface area contributed by atoms with Gasteiger partial charge >= 0.3 is 12.1 Å². The van der Waals surface area contributed by atoms with E-state index in [1.807, 2.05) is 30.3 Å². The smallest absolute Gasteiger partial charge is 0.407 e. The molecular weight excluding hydrogens is 366 g/mol. The number of methoxy groups -OCH3 is 1. The molecule has 2 atom stereocenters. The molecular formula is C20H23NO7. The summed E-state index contributed by atoms with van der Waals surface area (Å²) in [5, 5.41) is 32.1. The highest BCUT2D eigenvalue weighted by Gasteiger charge is 2.21. The topological polar surface area (TPSA) is 125 Å². The highest BCUT2D eigenvalue weighted by Crippen LogP contribution is 2.26. The first-order valence-corrected chi connectivity index (χ1v) is 8.64. The Morgan fingerprint density at radius 3 is 2.46 bits per heavy atom. The van der Waals surface area contributed by atoms with Crippen LogP contribution in [0.1, 0.15) is 34.0 Å². The van der Waals surface area contributed by atoms with Crippen molar-refractivity contribution in [2.75, 3.05) is 13.7 Å². The fraction of sp³-hybridized carbons (Fsp3) is 0.300. The molecule has 0 spiro atoms. The molecule has 150 valence electrons. The lowest BCUT2D eigenvalue weighted by molar-refractivity contribution is 0.0135. The zero-order valence-electron chi connectivity index (χ0n) is 15.4. The van der Waals surface area contributed by atoms with Crippen molar-refractivity contribution in [3.05, 3.63) is 65.2 Å². The summed E-state index contributed by atoms with van der Waals surface area (Å²) in [6.07, 6.45) is -3.10. The number of aromatic carboxylic acids is 1. The Bertz CT molecular complexity index is 794. The summed E-state index contributed by atoms with van der Waals surface area (Å²) in [4.78, 5) is 22.9. The molecule has 4 N–H and O–H groups in total. The number of alkyl carbamates (subject to hydrolysis) is 1. The number of nitrogens with one attached hydrogen (secondary N) is 1. The molecule has 0 saturated heterocycles. The average molecular weight is 389 g/mol. The predicted octanol–water partition coefficient (Wildman–Crippen LogP) is 2.10. The second-order valence-electron chi connectivity index (χ2n) is 6.05. The number of aliphatic hydroxyl groups excluding tert-OH is 2. The second kappa shape index (κ2) is 10.3. The van der Waals surface area contributed by atoms with Crippen molar-refractivity contribution in [1.82, 2.24) is 5.32 Å². The lowest BCUT2D eigenvalue weighted by atomic mass is 9.99.